The van der Waals surface area contributed by atoms with Crippen molar-refractivity contribution in [2.24, 2.45) is 5.92 Å². The van der Waals surface area contributed by atoms with Gasteiger partial charge in [0.25, 0.3) is 0 Å². The van der Waals surface area contributed by atoms with Crippen LogP contribution in [0, 0.1) is 12.8 Å². The van der Waals surface area contributed by atoms with Gasteiger partial charge in [-0.1, -0.05) is 44.2 Å². The minimum atomic E-state index is -0.159. The van der Waals surface area contributed by atoms with Crippen molar-refractivity contribution in [2.75, 3.05) is 5.73 Å². The Morgan fingerprint density at radius 1 is 1.12 bits per heavy atom. The first-order valence-electron chi connectivity index (χ1n) is 8.57. The van der Waals surface area contributed by atoms with Crippen LogP contribution in [0.3, 0.4) is 0 Å². The maximum absolute atomic E-state index is 12.5. The quantitative estimate of drug-likeness (QED) is 0.632. The summed E-state index contributed by atoms with van der Waals surface area (Å²) >= 11 is 0. The topological polar surface area (TPSA) is 68.3 Å². The van der Waals surface area contributed by atoms with Gasteiger partial charge in [-0.3, -0.25) is 4.79 Å². The lowest BCUT2D eigenvalue weighted by Crippen LogP contribution is -2.33. The van der Waals surface area contributed by atoms with Crippen molar-refractivity contribution < 1.29 is 9.21 Å². The number of nitrogen functional groups attached to an aromatic ring is 1. The monoisotopic (exact) mass is 372 g/mol. The van der Waals surface area contributed by atoms with Crippen LogP contribution in [0.4, 0.5) is 5.69 Å². The Hall–Kier alpha value is -2.46. The van der Waals surface area contributed by atoms with Crippen LogP contribution in [0.5, 0.6) is 0 Å². The number of nitrogens with one attached hydrogen (secondary N) is 1. The van der Waals surface area contributed by atoms with Crippen molar-refractivity contribution in [3.8, 4) is 0 Å². The van der Waals surface area contributed by atoms with E-state index >= 15 is 0 Å². The third-order valence-corrected chi connectivity index (χ3v) is 4.49. The van der Waals surface area contributed by atoms with Gasteiger partial charge in [0.05, 0.1) is 12.5 Å². The Labute approximate surface area is 160 Å². The number of benzene rings is 2. The molecule has 2 aromatic carbocycles. The smallest absolute Gasteiger partial charge is 0.225 e. The zero-order valence-electron chi connectivity index (χ0n) is 15.3. The molecule has 5 heteroatoms. The Morgan fingerprint density at radius 3 is 2.38 bits per heavy atom. The molecular formula is C21H25ClN2O2. The third kappa shape index (κ3) is 4.20. The van der Waals surface area contributed by atoms with Crippen molar-refractivity contribution in [3.05, 3.63) is 65.4 Å². The second kappa shape index (κ2) is 8.28. The predicted molar refractivity (Wildman–Crippen MR) is 108 cm³/mol. The van der Waals surface area contributed by atoms with Crippen LogP contribution in [0.1, 0.15) is 36.8 Å². The largest absolute Gasteiger partial charge is 0.459 e. The van der Waals surface area contributed by atoms with E-state index in [4.69, 9.17) is 10.2 Å². The highest BCUT2D eigenvalue weighted by atomic mass is 35.5. The number of nitrogens with two attached hydrogens (primary N) is 1. The van der Waals surface area contributed by atoms with Crippen LogP contribution in [0.25, 0.3) is 11.0 Å². The summed E-state index contributed by atoms with van der Waals surface area (Å²) in [5.74, 6) is 1.03. The van der Waals surface area contributed by atoms with Crippen LogP contribution in [0.15, 0.2) is 52.9 Å². The summed E-state index contributed by atoms with van der Waals surface area (Å²) in [5.41, 5.74) is 9.27. The Morgan fingerprint density at radius 2 is 1.77 bits per heavy atom. The molecule has 0 aliphatic rings. The van der Waals surface area contributed by atoms with Crippen molar-refractivity contribution in [3.63, 3.8) is 0 Å². The maximum atomic E-state index is 12.5. The molecule has 0 radical (unpaired) electrons. The second-order valence-electron chi connectivity index (χ2n) is 6.80. The van der Waals surface area contributed by atoms with Gasteiger partial charge in [0.15, 0.2) is 0 Å². The second-order valence-corrected chi connectivity index (χ2v) is 6.80. The number of carbonyl (C=O) groups excluding carboxylic acids is 1. The van der Waals surface area contributed by atoms with E-state index in [1.54, 1.807) is 0 Å². The van der Waals surface area contributed by atoms with Gasteiger partial charge in [-0.15, -0.1) is 12.4 Å². The molecule has 26 heavy (non-hydrogen) atoms. The molecular weight excluding hydrogens is 348 g/mol. The van der Waals surface area contributed by atoms with Gasteiger partial charge in [-0.05, 0) is 36.6 Å². The van der Waals surface area contributed by atoms with Crippen LogP contribution in [0.2, 0.25) is 0 Å². The number of aryl methyl sites for hydroxylation is 1. The molecule has 0 spiro atoms. The molecule has 0 saturated heterocycles. The molecule has 0 saturated carbocycles. The average Bonchev–Trinajstić information content (AvgIpc) is 2.91. The zero-order valence-corrected chi connectivity index (χ0v) is 16.1. The molecule has 3 aromatic rings. The summed E-state index contributed by atoms with van der Waals surface area (Å²) in [6.07, 6.45) is 0.322. The van der Waals surface area contributed by atoms with Gasteiger partial charge in [0.2, 0.25) is 5.91 Å². The van der Waals surface area contributed by atoms with Crippen molar-refractivity contribution >= 4 is 35.0 Å². The summed E-state index contributed by atoms with van der Waals surface area (Å²) in [6.45, 7) is 6.21. The molecule has 0 bridgehead atoms. The van der Waals surface area contributed by atoms with Gasteiger partial charge < -0.3 is 15.5 Å². The number of carbonyl (C=O) groups is 1. The number of fused-ring (bicyclic) bond motifs is 1. The van der Waals surface area contributed by atoms with Crippen molar-refractivity contribution in [1.82, 2.24) is 5.32 Å². The molecule has 4 nitrogen and oxygen atoms in total. The van der Waals surface area contributed by atoms with Gasteiger partial charge >= 0.3 is 0 Å². The Balaban J connectivity index is 0.00000243. The van der Waals surface area contributed by atoms with E-state index in [1.165, 1.54) is 0 Å². The fourth-order valence-electron chi connectivity index (χ4n) is 3.07. The molecule has 138 valence electrons. The minimum Gasteiger partial charge on any atom is -0.459 e. The van der Waals surface area contributed by atoms with E-state index in [0.717, 1.165) is 27.9 Å². The molecule has 0 aliphatic carbocycles. The number of hydrogen-bond acceptors (Lipinski definition) is 3. The lowest BCUT2D eigenvalue weighted by Gasteiger charge is -2.21. The van der Waals surface area contributed by atoms with Crippen LogP contribution >= 0.6 is 12.4 Å². The van der Waals surface area contributed by atoms with Crippen LogP contribution in [-0.4, -0.2) is 5.91 Å². The van der Waals surface area contributed by atoms with E-state index < -0.39 is 0 Å². The van der Waals surface area contributed by atoms with E-state index in [9.17, 15) is 4.79 Å². The van der Waals surface area contributed by atoms with Gasteiger partial charge in [0, 0.05) is 16.6 Å². The number of anilines is 1. The number of para-hydroxylation sites is 1. The number of furan rings is 1. The molecule has 0 fully saturated rings. The van der Waals surface area contributed by atoms with Gasteiger partial charge in [-0.25, -0.2) is 0 Å². The number of rotatable bonds is 5. The first kappa shape index (κ1) is 19.9. The lowest BCUT2D eigenvalue weighted by atomic mass is 9.97. The standard InChI is InChI=1S/C21H24N2O2.ClH/c1-13(2)20(21-14(3)17-6-4-5-7-18(17)25-21)23-19(24)12-15-8-10-16(22)11-9-15;/h4-11,13,20H,12,22H2,1-3H3,(H,23,24);1H. The van der Waals surface area contributed by atoms with Crippen LogP contribution < -0.4 is 11.1 Å². The minimum absolute atomic E-state index is 0. The molecule has 1 unspecified atom stereocenters. The highest BCUT2D eigenvalue weighted by Gasteiger charge is 2.25. The zero-order chi connectivity index (χ0) is 18.0. The summed E-state index contributed by atoms with van der Waals surface area (Å²) in [7, 11) is 0. The van der Waals surface area contributed by atoms with Gasteiger partial charge in [-0.2, -0.15) is 0 Å². The SMILES string of the molecule is Cc1c(C(NC(=O)Cc2ccc(N)cc2)C(C)C)oc2ccccc12.Cl. The molecule has 1 aromatic heterocycles. The van der Waals surface area contributed by atoms with Crippen molar-refractivity contribution in [2.45, 2.75) is 33.2 Å². The molecule has 0 aliphatic heterocycles. The van der Waals surface area contributed by atoms with Crippen molar-refractivity contribution in [1.29, 1.82) is 0 Å². The average molecular weight is 373 g/mol. The maximum Gasteiger partial charge on any atom is 0.225 e. The summed E-state index contributed by atoms with van der Waals surface area (Å²) in [4.78, 5) is 12.5. The predicted octanol–water partition coefficient (Wildman–Crippen LogP) is 4.80. The Kier molecular flexibility index (Phi) is 6.32. The number of amides is 1. The number of hydrogen-bond donors (Lipinski definition) is 2. The molecule has 1 heterocycles. The van der Waals surface area contributed by atoms with E-state index in [-0.39, 0.29) is 30.3 Å². The lowest BCUT2D eigenvalue weighted by molar-refractivity contribution is -0.121. The summed E-state index contributed by atoms with van der Waals surface area (Å²) in [6, 6.07) is 15.2. The van der Waals surface area contributed by atoms with E-state index in [0.29, 0.717) is 12.1 Å². The third-order valence-electron chi connectivity index (χ3n) is 4.49. The molecule has 1 amide bonds. The van der Waals surface area contributed by atoms with E-state index in [2.05, 4.69) is 19.2 Å². The number of halogens is 1. The first-order valence-corrected chi connectivity index (χ1v) is 8.57. The highest BCUT2D eigenvalue weighted by molar-refractivity contribution is 5.85. The van der Waals surface area contributed by atoms with E-state index in [1.807, 2.05) is 55.5 Å². The van der Waals surface area contributed by atoms with Crippen LogP contribution in [-0.2, 0) is 11.2 Å². The molecule has 1 atom stereocenters. The fourth-order valence-corrected chi connectivity index (χ4v) is 3.07. The summed E-state index contributed by atoms with van der Waals surface area (Å²) < 4.78 is 6.06. The normalized spacial score (nSPS) is 12.0. The highest BCUT2D eigenvalue weighted by Crippen LogP contribution is 2.32. The summed E-state index contributed by atoms with van der Waals surface area (Å²) in [5, 5.41) is 4.23. The Bertz CT molecular complexity index is 885. The van der Waals surface area contributed by atoms with Gasteiger partial charge in [0.1, 0.15) is 11.3 Å². The fraction of sp³-hybridized carbons (Fsp3) is 0.286. The molecule has 3 N–H and O–H groups in total. The molecule has 3 rings (SSSR count). The first-order chi connectivity index (χ1) is 12.0.